The van der Waals surface area contributed by atoms with E-state index < -0.39 is 5.97 Å². The topological polar surface area (TPSA) is 99.0 Å². The minimum Gasteiger partial charge on any atom is -0.461 e. The number of ether oxygens (including phenoxy) is 1. The maximum Gasteiger partial charge on any atom is 0.359 e. The Morgan fingerprint density at radius 2 is 1.70 bits per heavy atom. The van der Waals surface area contributed by atoms with Crippen molar-refractivity contribution in [1.82, 2.24) is 19.3 Å². The van der Waals surface area contributed by atoms with Crippen molar-refractivity contribution in [1.29, 1.82) is 0 Å². The smallest absolute Gasteiger partial charge is 0.359 e. The molecule has 2 aromatic heterocycles. The summed E-state index contributed by atoms with van der Waals surface area (Å²) in [5, 5.41) is 5.30. The largest absolute Gasteiger partial charge is 0.461 e. The van der Waals surface area contributed by atoms with E-state index in [1.165, 1.54) is 4.68 Å². The van der Waals surface area contributed by atoms with Crippen LogP contribution in [0.1, 0.15) is 49.5 Å². The van der Waals surface area contributed by atoms with Crippen LogP contribution >= 0.6 is 0 Å². The summed E-state index contributed by atoms with van der Waals surface area (Å²) in [7, 11) is 0. The molecule has 0 bridgehead atoms. The lowest BCUT2D eigenvalue weighted by Gasteiger charge is -2.11. The van der Waals surface area contributed by atoms with Crippen LogP contribution in [0.15, 0.2) is 58.1 Å². The zero-order valence-electron chi connectivity index (χ0n) is 18.8. The third kappa shape index (κ3) is 4.89. The molecule has 172 valence electrons. The number of hydrogen-bond donors (Lipinski definition) is 1. The summed E-state index contributed by atoms with van der Waals surface area (Å²) in [6, 6.07) is 14.4. The summed E-state index contributed by atoms with van der Waals surface area (Å²) in [5.74, 6) is -0.570. The van der Waals surface area contributed by atoms with Crippen LogP contribution in [0.3, 0.4) is 0 Å². The first-order chi connectivity index (χ1) is 16.1. The number of carbonyl (C=O) groups is 1. The highest BCUT2D eigenvalue weighted by Crippen LogP contribution is 2.15. The second-order valence-corrected chi connectivity index (χ2v) is 8.07. The Hall–Kier alpha value is -3.68. The number of H-pyrrole nitrogens is 1. The van der Waals surface area contributed by atoms with Crippen molar-refractivity contribution in [2.75, 3.05) is 6.61 Å². The van der Waals surface area contributed by atoms with Crippen molar-refractivity contribution in [3.8, 4) is 0 Å². The minimum absolute atomic E-state index is 0.135. The highest BCUT2D eigenvalue weighted by atomic mass is 16.5. The predicted octanol–water partition coefficient (Wildman–Crippen LogP) is 3.87. The van der Waals surface area contributed by atoms with Crippen LogP contribution in [0.4, 0.5) is 0 Å². The highest BCUT2D eigenvalue weighted by molar-refractivity contribution is 6.02. The number of para-hydroxylation sites is 2. The first-order valence-corrected chi connectivity index (χ1v) is 11.4. The molecule has 0 saturated heterocycles. The summed E-state index contributed by atoms with van der Waals surface area (Å²) < 4.78 is 8.49. The number of aromatic nitrogens is 4. The lowest BCUT2D eigenvalue weighted by atomic mass is 10.1. The molecular weight excluding hydrogens is 420 g/mol. The SMILES string of the molecule is CCCCCCn1nc(C(=O)OCCCn2c(=O)[nH]c3ccccc32)c2ccccc2c1=O. The number of rotatable bonds is 10. The van der Waals surface area contributed by atoms with Gasteiger partial charge in [-0.15, -0.1) is 0 Å². The molecule has 0 aliphatic rings. The van der Waals surface area contributed by atoms with E-state index >= 15 is 0 Å². The Balaban J connectivity index is 1.47. The number of nitrogens with zero attached hydrogens (tertiary/aromatic N) is 3. The molecule has 0 aliphatic heterocycles. The Kier molecular flexibility index (Phi) is 7.02. The highest BCUT2D eigenvalue weighted by Gasteiger charge is 2.18. The molecule has 2 aromatic carbocycles. The fourth-order valence-corrected chi connectivity index (χ4v) is 4.01. The molecule has 0 unspecified atom stereocenters. The van der Waals surface area contributed by atoms with E-state index in [1.807, 2.05) is 24.3 Å². The normalized spacial score (nSPS) is 11.3. The number of esters is 1. The van der Waals surface area contributed by atoms with Crippen LogP contribution in [0, 0.1) is 0 Å². The van der Waals surface area contributed by atoms with Crippen LogP contribution in [0.2, 0.25) is 0 Å². The van der Waals surface area contributed by atoms with Gasteiger partial charge in [-0.3, -0.25) is 9.36 Å². The summed E-state index contributed by atoms with van der Waals surface area (Å²) in [5.41, 5.74) is 1.35. The predicted molar refractivity (Wildman–Crippen MR) is 128 cm³/mol. The van der Waals surface area contributed by atoms with E-state index in [4.69, 9.17) is 4.74 Å². The van der Waals surface area contributed by atoms with E-state index in [2.05, 4.69) is 17.0 Å². The maximum atomic E-state index is 12.9. The molecule has 0 fully saturated rings. The second-order valence-electron chi connectivity index (χ2n) is 8.07. The van der Waals surface area contributed by atoms with Crippen LogP contribution in [-0.4, -0.2) is 31.9 Å². The van der Waals surface area contributed by atoms with Gasteiger partial charge in [-0.1, -0.05) is 56.5 Å². The van der Waals surface area contributed by atoms with Gasteiger partial charge in [0.15, 0.2) is 5.69 Å². The number of fused-ring (bicyclic) bond motifs is 2. The minimum atomic E-state index is -0.570. The van der Waals surface area contributed by atoms with Gasteiger partial charge >= 0.3 is 11.7 Å². The number of imidazole rings is 1. The number of nitrogens with one attached hydrogen (secondary N) is 1. The van der Waals surface area contributed by atoms with Crippen molar-refractivity contribution < 1.29 is 9.53 Å². The lowest BCUT2D eigenvalue weighted by molar-refractivity contribution is 0.0488. The molecule has 8 nitrogen and oxygen atoms in total. The molecule has 1 N–H and O–H groups in total. The Morgan fingerprint density at radius 3 is 2.52 bits per heavy atom. The Labute approximate surface area is 190 Å². The van der Waals surface area contributed by atoms with Gasteiger partial charge in [-0.2, -0.15) is 5.10 Å². The van der Waals surface area contributed by atoms with Crippen molar-refractivity contribution in [3.63, 3.8) is 0 Å². The van der Waals surface area contributed by atoms with Crippen molar-refractivity contribution in [2.45, 2.75) is 52.1 Å². The number of aromatic amines is 1. The second kappa shape index (κ2) is 10.3. The van der Waals surface area contributed by atoms with Gasteiger partial charge in [-0.25, -0.2) is 14.3 Å². The van der Waals surface area contributed by atoms with Crippen LogP contribution in [-0.2, 0) is 17.8 Å². The molecule has 4 aromatic rings. The molecule has 8 heteroatoms. The fraction of sp³-hybridized carbons (Fsp3) is 0.360. The van der Waals surface area contributed by atoms with Crippen molar-refractivity contribution in [2.24, 2.45) is 0 Å². The number of carbonyl (C=O) groups excluding carboxylic acids is 1. The van der Waals surface area contributed by atoms with E-state index in [0.717, 1.165) is 36.7 Å². The molecular formula is C25H28N4O4. The maximum absolute atomic E-state index is 12.9. The van der Waals surface area contributed by atoms with Gasteiger partial charge in [-0.05, 0) is 31.0 Å². The monoisotopic (exact) mass is 448 g/mol. The molecule has 2 heterocycles. The zero-order valence-corrected chi connectivity index (χ0v) is 18.8. The summed E-state index contributed by atoms with van der Waals surface area (Å²) in [6.07, 6.45) is 4.50. The van der Waals surface area contributed by atoms with Crippen LogP contribution in [0.5, 0.6) is 0 Å². The molecule has 0 amide bonds. The average molecular weight is 449 g/mol. The Bertz CT molecular complexity index is 1380. The van der Waals surface area contributed by atoms with Gasteiger partial charge in [0.25, 0.3) is 5.56 Å². The van der Waals surface area contributed by atoms with E-state index in [-0.39, 0.29) is 23.5 Å². The molecule has 0 aliphatic carbocycles. The first kappa shape index (κ1) is 22.5. The van der Waals surface area contributed by atoms with E-state index in [9.17, 15) is 14.4 Å². The average Bonchev–Trinajstić information content (AvgIpc) is 3.15. The molecule has 0 radical (unpaired) electrons. The number of aryl methyl sites for hydroxylation is 2. The van der Waals surface area contributed by atoms with Gasteiger partial charge in [0.2, 0.25) is 0 Å². The fourth-order valence-electron chi connectivity index (χ4n) is 4.01. The summed E-state index contributed by atoms with van der Waals surface area (Å²) >= 11 is 0. The van der Waals surface area contributed by atoms with Crippen molar-refractivity contribution >= 4 is 27.8 Å². The first-order valence-electron chi connectivity index (χ1n) is 11.4. The summed E-state index contributed by atoms with van der Waals surface area (Å²) in [4.78, 5) is 40.7. The molecule has 33 heavy (non-hydrogen) atoms. The van der Waals surface area contributed by atoms with Gasteiger partial charge in [0.1, 0.15) is 0 Å². The molecule has 4 rings (SSSR count). The van der Waals surface area contributed by atoms with Gasteiger partial charge in [0.05, 0.1) is 23.0 Å². The van der Waals surface area contributed by atoms with E-state index in [0.29, 0.717) is 30.3 Å². The molecule has 0 atom stereocenters. The summed E-state index contributed by atoms with van der Waals surface area (Å²) in [6.45, 7) is 3.15. The van der Waals surface area contributed by atoms with Gasteiger partial charge < -0.3 is 9.72 Å². The molecule has 0 spiro atoms. The van der Waals surface area contributed by atoms with Crippen LogP contribution < -0.4 is 11.2 Å². The Morgan fingerprint density at radius 1 is 0.939 bits per heavy atom. The quantitative estimate of drug-likeness (QED) is 0.293. The number of hydrogen-bond acceptors (Lipinski definition) is 5. The molecule has 0 saturated carbocycles. The van der Waals surface area contributed by atoms with Gasteiger partial charge in [0, 0.05) is 18.5 Å². The standard InChI is InChI=1S/C25H28N4O4/c1-2-3-4-9-16-29-23(30)19-12-6-5-11-18(19)22(27-29)24(31)33-17-10-15-28-21-14-8-7-13-20(21)26-25(28)32/h5-8,11-14H,2-4,9-10,15-17H2,1H3,(H,26,32). The lowest BCUT2D eigenvalue weighted by Crippen LogP contribution is -2.27. The zero-order chi connectivity index (χ0) is 23.2. The third-order valence-electron chi connectivity index (χ3n) is 5.73. The van der Waals surface area contributed by atoms with Crippen molar-refractivity contribution in [3.05, 3.63) is 75.1 Å². The third-order valence-corrected chi connectivity index (χ3v) is 5.73. The van der Waals surface area contributed by atoms with Crippen LogP contribution in [0.25, 0.3) is 21.8 Å². The number of benzene rings is 2. The number of unbranched alkanes of at least 4 members (excludes halogenated alkanes) is 3. The van der Waals surface area contributed by atoms with E-state index in [1.54, 1.807) is 28.8 Å².